The lowest BCUT2D eigenvalue weighted by atomic mass is 10.3. The molecule has 0 radical (unpaired) electrons. The van der Waals surface area contributed by atoms with Crippen molar-refractivity contribution in [3.8, 4) is 0 Å². The molecule has 0 spiro atoms. The second kappa shape index (κ2) is 10.6. The zero-order chi connectivity index (χ0) is 14.6. The molecule has 0 aromatic carbocycles. The van der Waals surface area contributed by atoms with Crippen LogP contribution in [-0.4, -0.2) is 50.2 Å². The molecule has 0 aliphatic carbocycles. The van der Waals surface area contributed by atoms with Crippen molar-refractivity contribution in [3.05, 3.63) is 5.89 Å². The molecular formula is C13H26N4O3. The lowest BCUT2D eigenvalue weighted by Gasteiger charge is -2.07. The second-order valence-electron chi connectivity index (χ2n) is 4.51. The van der Waals surface area contributed by atoms with Crippen molar-refractivity contribution in [3.63, 3.8) is 0 Å². The Balaban J connectivity index is 2.13. The normalized spacial score (nSPS) is 12.6. The van der Waals surface area contributed by atoms with Crippen LogP contribution in [0.5, 0.6) is 0 Å². The summed E-state index contributed by atoms with van der Waals surface area (Å²) in [7, 11) is 1.66. The summed E-state index contributed by atoms with van der Waals surface area (Å²) in [5, 5.41) is 14.4. The van der Waals surface area contributed by atoms with Gasteiger partial charge in [0.1, 0.15) is 0 Å². The van der Waals surface area contributed by atoms with Crippen LogP contribution < -0.4 is 10.6 Å². The zero-order valence-corrected chi connectivity index (χ0v) is 12.6. The summed E-state index contributed by atoms with van der Waals surface area (Å²) in [6, 6.07) is 0.539. The molecule has 0 aliphatic heterocycles. The Labute approximate surface area is 120 Å². The third-order valence-electron chi connectivity index (χ3n) is 2.69. The number of nitrogens with one attached hydrogen (secondary N) is 2. The lowest BCUT2D eigenvalue weighted by Crippen LogP contribution is -2.19. The Hall–Kier alpha value is -1.18. The monoisotopic (exact) mass is 286 g/mol. The topological polar surface area (TPSA) is 81.4 Å². The molecule has 1 atom stereocenters. The van der Waals surface area contributed by atoms with Crippen molar-refractivity contribution < 1.29 is 13.9 Å². The van der Waals surface area contributed by atoms with Crippen molar-refractivity contribution >= 4 is 6.01 Å². The third-order valence-corrected chi connectivity index (χ3v) is 2.69. The predicted octanol–water partition coefficient (Wildman–Crippen LogP) is 1.60. The summed E-state index contributed by atoms with van der Waals surface area (Å²) in [6.07, 6.45) is 1.96. The Kier molecular flexibility index (Phi) is 8.93. The van der Waals surface area contributed by atoms with Crippen LogP contribution in [0, 0.1) is 0 Å². The highest BCUT2D eigenvalue weighted by atomic mass is 16.5. The molecule has 0 bridgehead atoms. The molecule has 2 N–H and O–H groups in total. The van der Waals surface area contributed by atoms with Crippen molar-refractivity contribution in [1.82, 2.24) is 15.5 Å². The lowest BCUT2D eigenvalue weighted by molar-refractivity contribution is 0.0705. The van der Waals surface area contributed by atoms with Gasteiger partial charge in [-0.25, -0.2) is 0 Å². The van der Waals surface area contributed by atoms with Gasteiger partial charge in [-0.05, 0) is 26.3 Å². The van der Waals surface area contributed by atoms with Crippen molar-refractivity contribution in [1.29, 1.82) is 0 Å². The van der Waals surface area contributed by atoms with Gasteiger partial charge in [0.05, 0.1) is 19.3 Å². The Morgan fingerprint density at radius 1 is 1.20 bits per heavy atom. The summed E-state index contributed by atoms with van der Waals surface area (Å²) in [6.45, 7) is 7.75. The predicted molar refractivity (Wildman–Crippen MR) is 76.8 cm³/mol. The fourth-order valence-corrected chi connectivity index (χ4v) is 1.54. The fourth-order valence-electron chi connectivity index (χ4n) is 1.54. The minimum Gasteiger partial charge on any atom is -0.406 e. The smallest absolute Gasteiger partial charge is 0.315 e. The summed E-state index contributed by atoms with van der Waals surface area (Å²) in [5.74, 6) is 0.609. The van der Waals surface area contributed by atoms with E-state index in [2.05, 4.69) is 27.8 Å². The van der Waals surface area contributed by atoms with Crippen LogP contribution in [0.2, 0.25) is 0 Å². The van der Waals surface area contributed by atoms with Crippen LogP contribution in [0.3, 0.4) is 0 Å². The zero-order valence-electron chi connectivity index (χ0n) is 12.6. The average Bonchev–Trinajstić information content (AvgIpc) is 2.92. The summed E-state index contributed by atoms with van der Waals surface area (Å²) >= 11 is 0. The van der Waals surface area contributed by atoms with E-state index in [1.54, 1.807) is 7.11 Å². The molecule has 7 nitrogen and oxygen atoms in total. The number of hydrogen-bond donors (Lipinski definition) is 2. The van der Waals surface area contributed by atoms with Gasteiger partial charge in [-0.15, -0.1) is 5.10 Å². The van der Waals surface area contributed by atoms with Gasteiger partial charge < -0.3 is 24.5 Å². The molecule has 1 aromatic rings. The van der Waals surface area contributed by atoms with Crippen LogP contribution in [-0.2, 0) is 9.47 Å². The van der Waals surface area contributed by atoms with E-state index in [9.17, 15) is 0 Å². The first-order chi connectivity index (χ1) is 9.77. The first-order valence-corrected chi connectivity index (χ1v) is 7.15. The number of hydrogen-bond acceptors (Lipinski definition) is 7. The average molecular weight is 286 g/mol. The van der Waals surface area contributed by atoms with E-state index in [1.807, 2.05) is 6.92 Å². The quantitative estimate of drug-likeness (QED) is 0.565. The van der Waals surface area contributed by atoms with E-state index < -0.39 is 0 Å². The molecule has 0 amide bonds. The first kappa shape index (κ1) is 16.9. The molecule has 1 aromatic heterocycles. The minimum atomic E-state index is 0.0791. The van der Waals surface area contributed by atoms with Gasteiger partial charge in [-0.1, -0.05) is 12.0 Å². The van der Waals surface area contributed by atoms with Gasteiger partial charge in [0.25, 0.3) is 0 Å². The minimum absolute atomic E-state index is 0.0791. The maximum absolute atomic E-state index is 5.53. The van der Waals surface area contributed by atoms with E-state index in [4.69, 9.17) is 13.9 Å². The maximum Gasteiger partial charge on any atom is 0.315 e. The van der Waals surface area contributed by atoms with E-state index in [1.165, 1.54) is 0 Å². The maximum atomic E-state index is 5.53. The van der Waals surface area contributed by atoms with Gasteiger partial charge in [0.15, 0.2) is 0 Å². The van der Waals surface area contributed by atoms with Gasteiger partial charge in [-0.3, -0.25) is 0 Å². The van der Waals surface area contributed by atoms with Crippen molar-refractivity contribution in [2.45, 2.75) is 32.7 Å². The molecule has 7 heteroatoms. The Morgan fingerprint density at radius 3 is 2.80 bits per heavy atom. The molecule has 1 unspecified atom stereocenters. The molecule has 0 aliphatic rings. The number of nitrogens with zero attached hydrogens (tertiary/aromatic N) is 2. The molecule has 0 saturated carbocycles. The number of methoxy groups -OCH3 is 1. The van der Waals surface area contributed by atoms with Crippen LogP contribution in [0.4, 0.5) is 6.01 Å². The third kappa shape index (κ3) is 6.83. The highest BCUT2D eigenvalue weighted by Gasteiger charge is 2.12. The molecule has 116 valence electrons. The van der Waals surface area contributed by atoms with Crippen molar-refractivity contribution in [2.75, 3.05) is 45.3 Å². The highest BCUT2D eigenvalue weighted by molar-refractivity contribution is 5.16. The molecular weight excluding hydrogens is 260 g/mol. The molecule has 20 heavy (non-hydrogen) atoms. The summed E-state index contributed by atoms with van der Waals surface area (Å²) in [5.41, 5.74) is 0. The molecule has 1 heterocycles. The number of rotatable bonds is 12. The van der Waals surface area contributed by atoms with Crippen LogP contribution >= 0.6 is 0 Å². The van der Waals surface area contributed by atoms with Gasteiger partial charge in [-0.2, -0.15) is 0 Å². The van der Waals surface area contributed by atoms with E-state index in [0.717, 1.165) is 25.9 Å². The number of anilines is 1. The van der Waals surface area contributed by atoms with Gasteiger partial charge in [0.2, 0.25) is 5.89 Å². The molecule has 1 rings (SSSR count). The van der Waals surface area contributed by atoms with Crippen LogP contribution in [0.25, 0.3) is 0 Å². The Bertz CT molecular complexity index is 346. The number of aromatic nitrogens is 2. The van der Waals surface area contributed by atoms with Crippen LogP contribution in [0.1, 0.15) is 38.6 Å². The van der Waals surface area contributed by atoms with E-state index >= 15 is 0 Å². The largest absolute Gasteiger partial charge is 0.406 e. The SMILES string of the molecule is CCCNC(C)c1nnc(NCCCOCCOC)o1. The fraction of sp³-hybridized carbons (Fsp3) is 0.846. The highest BCUT2D eigenvalue weighted by Crippen LogP contribution is 2.13. The van der Waals surface area contributed by atoms with E-state index in [0.29, 0.717) is 31.7 Å². The molecule has 0 saturated heterocycles. The standard InChI is InChI=1S/C13H26N4O3/c1-4-6-14-11(2)12-16-17-13(20-12)15-7-5-8-19-10-9-18-3/h11,14H,4-10H2,1-3H3,(H,15,17). The first-order valence-electron chi connectivity index (χ1n) is 7.15. The molecule has 0 fully saturated rings. The van der Waals surface area contributed by atoms with Gasteiger partial charge in [0, 0.05) is 20.3 Å². The summed E-state index contributed by atoms with van der Waals surface area (Å²) in [4.78, 5) is 0. The van der Waals surface area contributed by atoms with Crippen molar-refractivity contribution in [2.24, 2.45) is 0 Å². The second-order valence-corrected chi connectivity index (χ2v) is 4.51. The summed E-state index contributed by atoms with van der Waals surface area (Å²) < 4.78 is 15.8. The Morgan fingerprint density at radius 2 is 2.05 bits per heavy atom. The van der Waals surface area contributed by atoms with E-state index in [-0.39, 0.29) is 6.04 Å². The van der Waals surface area contributed by atoms with Gasteiger partial charge >= 0.3 is 6.01 Å². The van der Waals surface area contributed by atoms with Crippen LogP contribution in [0.15, 0.2) is 4.42 Å². The number of ether oxygens (including phenoxy) is 2.